The molecule has 0 aromatic rings. The Balaban J connectivity index is 2.46. The summed E-state index contributed by atoms with van der Waals surface area (Å²) in [6.07, 6.45) is -2.83. The molecule has 0 radical (unpaired) electrons. The summed E-state index contributed by atoms with van der Waals surface area (Å²) in [4.78, 5) is 14.1. The molecule has 0 amide bonds. The molecule has 0 unspecified atom stereocenters. The first kappa shape index (κ1) is 9.49. The third kappa shape index (κ3) is 2.73. The zero-order valence-electron chi connectivity index (χ0n) is 6.15. The number of nitrogens with zero attached hydrogens (tertiary/aromatic N) is 3. The van der Waals surface area contributed by atoms with E-state index in [0.29, 0.717) is 5.06 Å². The maximum absolute atomic E-state index is 11.6. The van der Waals surface area contributed by atoms with E-state index in [9.17, 15) is 18.0 Å². The minimum atomic E-state index is -5.00. The smallest absolute Gasteiger partial charge is 0.331 e. The van der Waals surface area contributed by atoms with Crippen LogP contribution in [0.5, 0.6) is 0 Å². The second kappa shape index (κ2) is 3.42. The predicted molar refractivity (Wildman–Crippen MR) is 32.8 cm³/mol. The van der Waals surface area contributed by atoms with Crippen molar-refractivity contribution in [3.8, 4) is 0 Å². The van der Waals surface area contributed by atoms with Crippen molar-refractivity contribution in [2.45, 2.75) is 6.18 Å². The fourth-order valence-electron chi connectivity index (χ4n) is 0.515. The van der Waals surface area contributed by atoms with Gasteiger partial charge in [0.1, 0.15) is 0 Å². The van der Waals surface area contributed by atoms with Gasteiger partial charge in [-0.25, -0.2) is 4.79 Å². The van der Waals surface area contributed by atoms with Crippen molar-refractivity contribution in [2.75, 3.05) is 6.67 Å². The molecule has 1 aliphatic heterocycles. The molecule has 0 N–H and O–H groups in total. The molecule has 1 heterocycles. The fraction of sp³-hybridized carbons (Fsp3) is 0.400. The Labute approximate surface area is 70.4 Å². The molecule has 0 aromatic carbocycles. The van der Waals surface area contributed by atoms with Gasteiger partial charge >= 0.3 is 12.1 Å². The number of hydrogen-bond donors (Lipinski definition) is 0. The SMILES string of the molecule is O=C(ON1C=CN=NC1)C(F)(F)F. The van der Waals surface area contributed by atoms with Crippen molar-refractivity contribution in [1.82, 2.24) is 5.06 Å². The van der Waals surface area contributed by atoms with Crippen LogP contribution in [-0.2, 0) is 9.63 Å². The van der Waals surface area contributed by atoms with E-state index in [1.165, 1.54) is 0 Å². The Bertz CT molecular complexity index is 260. The first-order valence-corrected chi connectivity index (χ1v) is 3.09. The Kier molecular flexibility index (Phi) is 2.49. The maximum Gasteiger partial charge on any atom is 0.493 e. The van der Waals surface area contributed by atoms with Crippen LogP contribution in [0.3, 0.4) is 0 Å². The van der Waals surface area contributed by atoms with E-state index in [1.54, 1.807) is 0 Å². The van der Waals surface area contributed by atoms with Gasteiger partial charge in [0, 0.05) is 0 Å². The number of alkyl halides is 3. The molecule has 0 aliphatic carbocycles. The second-order valence-corrected chi connectivity index (χ2v) is 1.99. The molecule has 72 valence electrons. The van der Waals surface area contributed by atoms with Crippen LogP contribution < -0.4 is 0 Å². The van der Waals surface area contributed by atoms with Crippen LogP contribution in [0.15, 0.2) is 22.6 Å². The van der Waals surface area contributed by atoms with Crippen LogP contribution in [-0.4, -0.2) is 23.9 Å². The quantitative estimate of drug-likeness (QED) is 0.631. The van der Waals surface area contributed by atoms with Gasteiger partial charge in [-0.1, -0.05) is 0 Å². The van der Waals surface area contributed by atoms with Crippen molar-refractivity contribution in [2.24, 2.45) is 10.2 Å². The summed E-state index contributed by atoms with van der Waals surface area (Å²) >= 11 is 0. The zero-order chi connectivity index (χ0) is 9.90. The monoisotopic (exact) mass is 195 g/mol. The molecule has 0 aromatic heterocycles. The molecule has 0 bridgehead atoms. The van der Waals surface area contributed by atoms with E-state index in [1.807, 2.05) is 0 Å². The molecule has 0 saturated carbocycles. The lowest BCUT2D eigenvalue weighted by Gasteiger charge is -2.17. The molecule has 13 heavy (non-hydrogen) atoms. The van der Waals surface area contributed by atoms with Crippen molar-refractivity contribution in [3.63, 3.8) is 0 Å². The first-order valence-electron chi connectivity index (χ1n) is 3.09. The molecule has 8 heteroatoms. The van der Waals surface area contributed by atoms with Crippen LogP contribution in [0.4, 0.5) is 13.2 Å². The van der Waals surface area contributed by atoms with Crippen molar-refractivity contribution < 1.29 is 22.8 Å². The van der Waals surface area contributed by atoms with Gasteiger partial charge in [-0.15, -0.1) is 0 Å². The summed E-state index contributed by atoms with van der Waals surface area (Å²) in [5, 5.41) is 7.27. The van der Waals surface area contributed by atoms with Crippen LogP contribution in [0.1, 0.15) is 0 Å². The molecule has 0 spiro atoms. The Hall–Kier alpha value is -1.60. The predicted octanol–water partition coefficient (Wildman–Crippen LogP) is 1.20. The summed E-state index contributed by atoms with van der Waals surface area (Å²) < 4.78 is 34.9. The molecule has 0 saturated heterocycles. The van der Waals surface area contributed by atoms with Gasteiger partial charge in [0.25, 0.3) is 0 Å². The largest absolute Gasteiger partial charge is 0.493 e. The van der Waals surface area contributed by atoms with Gasteiger partial charge in [0.2, 0.25) is 0 Å². The average molecular weight is 195 g/mol. The summed E-state index contributed by atoms with van der Waals surface area (Å²) in [7, 11) is 0. The van der Waals surface area contributed by atoms with E-state index < -0.39 is 12.1 Å². The van der Waals surface area contributed by atoms with Crippen molar-refractivity contribution in [1.29, 1.82) is 0 Å². The number of carbonyl (C=O) groups is 1. The standard InChI is InChI=1S/C5H4F3N3O2/c6-5(7,8)4(12)13-11-2-1-9-10-3-11/h1-2H,3H2. The molecular formula is C5H4F3N3O2. The Morgan fingerprint density at radius 1 is 1.54 bits per heavy atom. The average Bonchev–Trinajstić information content (AvgIpc) is 2.04. The lowest BCUT2D eigenvalue weighted by atomic mass is 10.7. The highest BCUT2D eigenvalue weighted by molar-refractivity contribution is 5.75. The van der Waals surface area contributed by atoms with Gasteiger partial charge < -0.3 is 4.84 Å². The highest BCUT2D eigenvalue weighted by Crippen LogP contribution is 2.17. The third-order valence-electron chi connectivity index (χ3n) is 1.02. The molecule has 0 fully saturated rings. The van der Waals surface area contributed by atoms with Crippen LogP contribution in [0.25, 0.3) is 0 Å². The normalized spacial score (nSPS) is 16.1. The zero-order valence-corrected chi connectivity index (χ0v) is 6.15. The minimum Gasteiger partial charge on any atom is -0.331 e. The molecular weight excluding hydrogens is 191 g/mol. The maximum atomic E-state index is 11.6. The topological polar surface area (TPSA) is 54.3 Å². The van der Waals surface area contributed by atoms with Crippen molar-refractivity contribution >= 4 is 5.97 Å². The van der Waals surface area contributed by atoms with E-state index in [4.69, 9.17) is 0 Å². The minimum absolute atomic E-state index is 0.238. The van der Waals surface area contributed by atoms with Gasteiger partial charge in [-0.05, 0) is 0 Å². The molecule has 1 aliphatic rings. The molecule has 5 nitrogen and oxygen atoms in total. The highest BCUT2D eigenvalue weighted by Gasteiger charge is 2.42. The van der Waals surface area contributed by atoms with E-state index in [2.05, 4.69) is 15.1 Å². The van der Waals surface area contributed by atoms with E-state index in [-0.39, 0.29) is 6.67 Å². The second-order valence-electron chi connectivity index (χ2n) is 1.99. The fourth-order valence-corrected chi connectivity index (χ4v) is 0.515. The summed E-state index contributed by atoms with van der Waals surface area (Å²) in [6.45, 7) is -0.238. The lowest BCUT2D eigenvalue weighted by Crippen LogP contribution is -2.32. The first-order chi connectivity index (χ1) is 6.00. The number of carbonyl (C=O) groups excluding carboxylic acids is 1. The number of halogens is 3. The number of rotatable bonds is 1. The van der Waals surface area contributed by atoms with Crippen molar-refractivity contribution in [3.05, 3.63) is 12.4 Å². The van der Waals surface area contributed by atoms with E-state index >= 15 is 0 Å². The molecule has 1 rings (SSSR count). The van der Waals surface area contributed by atoms with E-state index in [0.717, 1.165) is 12.4 Å². The Morgan fingerprint density at radius 2 is 2.23 bits per heavy atom. The number of hydroxylamine groups is 2. The van der Waals surface area contributed by atoms with Gasteiger partial charge in [0.05, 0.1) is 12.4 Å². The van der Waals surface area contributed by atoms with Crippen LogP contribution >= 0.6 is 0 Å². The summed E-state index contributed by atoms with van der Waals surface area (Å²) in [6, 6.07) is 0. The summed E-state index contributed by atoms with van der Waals surface area (Å²) in [5.74, 6) is -2.28. The highest BCUT2D eigenvalue weighted by atomic mass is 19.4. The third-order valence-corrected chi connectivity index (χ3v) is 1.02. The van der Waals surface area contributed by atoms with Gasteiger partial charge in [0.15, 0.2) is 6.67 Å². The van der Waals surface area contributed by atoms with Gasteiger partial charge in [-0.2, -0.15) is 28.5 Å². The molecule has 0 atom stereocenters. The number of hydrogen-bond acceptors (Lipinski definition) is 5. The Morgan fingerprint density at radius 3 is 2.69 bits per heavy atom. The van der Waals surface area contributed by atoms with Crippen LogP contribution in [0, 0.1) is 0 Å². The number of azo groups is 1. The van der Waals surface area contributed by atoms with Crippen LogP contribution in [0.2, 0.25) is 0 Å². The summed E-state index contributed by atoms with van der Waals surface area (Å²) in [5.41, 5.74) is 0. The lowest BCUT2D eigenvalue weighted by molar-refractivity contribution is -0.229. The van der Waals surface area contributed by atoms with Gasteiger partial charge in [-0.3, -0.25) is 0 Å².